The molecule has 0 saturated carbocycles. The Morgan fingerprint density at radius 2 is 2.08 bits per heavy atom. The average molecular weight is 332 g/mol. The van der Waals surface area contributed by atoms with Gasteiger partial charge in [-0.05, 0) is 31.2 Å². The van der Waals surface area contributed by atoms with E-state index in [1.807, 2.05) is 0 Å². The maximum atomic E-state index is 13.1. The van der Waals surface area contributed by atoms with Crippen LogP contribution in [0.3, 0.4) is 0 Å². The van der Waals surface area contributed by atoms with Crippen LogP contribution in [0.2, 0.25) is 0 Å². The number of anilines is 1. The number of aromatic nitrogens is 3. The molecule has 3 rings (SSSR count). The molecule has 1 N–H and O–H groups in total. The van der Waals surface area contributed by atoms with Crippen LogP contribution in [0, 0.1) is 18.6 Å². The van der Waals surface area contributed by atoms with E-state index in [1.54, 1.807) is 25.3 Å². The Morgan fingerprint density at radius 1 is 1.21 bits per heavy atom. The fourth-order valence-corrected chi connectivity index (χ4v) is 2.03. The van der Waals surface area contributed by atoms with E-state index in [4.69, 9.17) is 9.26 Å². The van der Waals surface area contributed by atoms with Gasteiger partial charge in [-0.15, -0.1) is 0 Å². The van der Waals surface area contributed by atoms with Gasteiger partial charge in [0.25, 0.3) is 5.89 Å². The van der Waals surface area contributed by atoms with Gasteiger partial charge in [-0.1, -0.05) is 5.16 Å². The summed E-state index contributed by atoms with van der Waals surface area (Å²) in [6.07, 6.45) is 1.63. The van der Waals surface area contributed by atoms with Crippen molar-refractivity contribution in [2.45, 2.75) is 6.92 Å². The van der Waals surface area contributed by atoms with Gasteiger partial charge in [-0.3, -0.25) is 0 Å². The van der Waals surface area contributed by atoms with Crippen LogP contribution in [0.25, 0.3) is 11.5 Å². The molecule has 2 heterocycles. The van der Waals surface area contributed by atoms with Crippen molar-refractivity contribution in [2.75, 3.05) is 18.5 Å². The zero-order valence-corrected chi connectivity index (χ0v) is 12.8. The molecule has 2 aromatic heterocycles. The number of rotatable bonds is 6. The molecule has 0 spiro atoms. The molecule has 0 amide bonds. The predicted molar refractivity (Wildman–Crippen MR) is 82.6 cm³/mol. The first-order valence-electron chi connectivity index (χ1n) is 7.21. The Balaban J connectivity index is 1.60. The van der Waals surface area contributed by atoms with Gasteiger partial charge in [-0.25, -0.2) is 13.8 Å². The van der Waals surface area contributed by atoms with Gasteiger partial charge in [0.2, 0.25) is 0 Å². The topological polar surface area (TPSA) is 73.1 Å². The molecule has 6 nitrogen and oxygen atoms in total. The molecule has 0 atom stereocenters. The van der Waals surface area contributed by atoms with Gasteiger partial charge in [0.1, 0.15) is 18.2 Å². The number of nitrogens with zero attached hydrogens (tertiary/aromatic N) is 3. The summed E-state index contributed by atoms with van der Waals surface area (Å²) in [7, 11) is 0. The van der Waals surface area contributed by atoms with Crippen LogP contribution >= 0.6 is 0 Å². The molecule has 24 heavy (non-hydrogen) atoms. The summed E-state index contributed by atoms with van der Waals surface area (Å²) < 4.78 is 36.4. The lowest BCUT2D eigenvalue weighted by molar-refractivity contribution is 0.329. The quantitative estimate of drug-likeness (QED) is 0.699. The Kier molecular flexibility index (Phi) is 4.64. The van der Waals surface area contributed by atoms with Gasteiger partial charge in [0.05, 0.1) is 12.1 Å². The lowest BCUT2D eigenvalue weighted by Gasteiger charge is -2.10. The number of pyridine rings is 1. The summed E-state index contributed by atoms with van der Waals surface area (Å²) in [6.45, 7) is 2.37. The lowest BCUT2D eigenvalue weighted by atomic mass is 10.2. The second-order valence-corrected chi connectivity index (χ2v) is 4.90. The van der Waals surface area contributed by atoms with Crippen molar-refractivity contribution in [3.8, 4) is 17.2 Å². The minimum Gasteiger partial charge on any atom is -0.492 e. The molecule has 1 aromatic carbocycles. The first-order chi connectivity index (χ1) is 11.6. The van der Waals surface area contributed by atoms with Crippen LogP contribution in [-0.2, 0) is 0 Å². The molecule has 8 heteroatoms. The first kappa shape index (κ1) is 15.9. The molecule has 0 fully saturated rings. The standard InChI is InChI=1S/C16H14F2N4O2/c1-10-21-16(24-22-10)12-3-2-6-19-15(12)20-7-8-23-11-4-5-13(17)14(18)9-11/h2-6,9H,7-8H2,1H3,(H,19,20). The minimum absolute atomic E-state index is 0.240. The summed E-state index contributed by atoms with van der Waals surface area (Å²) in [4.78, 5) is 8.40. The van der Waals surface area contributed by atoms with Crippen LogP contribution in [0.5, 0.6) is 5.75 Å². The number of nitrogens with one attached hydrogen (secondary N) is 1. The third-order valence-corrected chi connectivity index (χ3v) is 3.12. The van der Waals surface area contributed by atoms with Crippen molar-refractivity contribution in [2.24, 2.45) is 0 Å². The van der Waals surface area contributed by atoms with Gasteiger partial charge in [0.15, 0.2) is 17.5 Å². The Morgan fingerprint density at radius 3 is 2.83 bits per heavy atom. The zero-order chi connectivity index (χ0) is 16.9. The van der Waals surface area contributed by atoms with Crippen LogP contribution in [0.1, 0.15) is 5.82 Å². The molecular formula is C16H14F2N4O2. The zero-order valence-electron chi connectivity index (χ0n) is 12.8. The fourth-order valence-electron chi connectivity index (χ4n) is 2.03. The summed E-state index contributed by atoms with van der Waals surface area (Å²) in [5.41, 5.74) is 0.672. The van der Waals surface area contributed by atoms with Crippen molar-refractivity contribution in [3.05, 3.63) is 54.0 Å². The van der Waals surface area contributed by atoms with Crippen LogP contribution in [0.4, 0.5) is 14.6 Å². The van der Waals surface area contributed by atoms with E-state index in [2.05, 4.69) is 20.4 Å². The summed E-state index contributed by atoms with van der Waals surface area (Å²) in [6, 6.07) is 6.96. The molecule has 0 aliphatic rings. The molecule has 3 aromatic rings. The van der Waals surface area contributed by atoms with Crippen molar-refractivity contribution in [1.29, 1.82) is 0 Å². The Bertz CT molecular complexity index is 838. The number of benzene rings is 1. The number of ether oxygens (including phenoxy) is 1. The highest BCUT2D eigenvalue weighted by molar-refractivity contribution is 5.68. The molecule has 0 bridgehead atoms. The normalized spacial score (nSPS) is 10.6. The van der Waals surface area contributed by atoms with Gasteiger partial charge >= 0.3 is 0 Å². The molecule has 0 saturated heterocycles. The van der Waals surface area contributed by atoms with Crippen LogP contribution < -0.4 is 10.1 Å². The summed E-state index contributed by atoms with van der Waals surface area (Å²) >= 11 is 0. The monoisotopic (exact) mass is 332 g/mol. The molecule has 0 aliphatic heterocycles. The Labute approximate surface area is 136 Å². The number of aryl methyl sites for hydroxylation is 1. The van der Waals surface area contributed by atoms with E-state index in [0.29, 0.717) is 29.6 Å². The third kappa shape index (κ3) is 3.65. The third-order valence-electron chi connectivity index (χ3n) is 3.12. The highest BCUT2D eigenvalue weighted by Gasteiger charge is 2.12. The molecule has 0 radical (unpaired) electrons. The molecule has 124 valence electrons. The summed E-state index contributed by atoms with van der Waals surface area (Å²) in [5.74, 6) is -0.140. The predicted octanol–water partition coefficient (Wildman–Crippen LogP) is 3.21. The molecule has 0 aliphatic carbocycles. The number of halogens is 2. The average Bonchev–Trinajstić information content (AvgIpc) is 3.01. The smallest absolute Gasteiger partial charge is 0.261 e. The van der Waals surface area contributed by atoms with E-state index in [1.165, 1.54) is 6.07 Å². The highest BCUT2D eigenvalue weighted by Crippen LogP contribution is 2.24. The van der Waals surface area contributed by atoms with E-state index in [0.717, 1.165) is 12.1 Å². The minimum atomic E-state index is -0.945. The van der Waals surface area contributed by atoms with Gasteiger partial charge in [0, 0.05) is 12.3 Å². The van der Waals surface area contributed by atoms with E-state index < -0.39 is 11.6 Å². The molecule has 0 unspecified atom stereocenters. The number of hydrogen-bond acceptors (Lipinski definition) is 6. The van der Waals surface area contributed by atoms with Crippen molar-refractivity contribution in [3.63, 3.8) is 0 Å². The van der Waals surface area contributed by atoms with Crippen LogP contribution in [-0.4, -0.2) is 28.3 Å². The fraction of sp³-hybridized carbons (Fsp3) is 0.188. The van der Waals surface area contributed by atoms with Gasteiger partial charge in [-0.2, -0.15) is 4.98 Å². The second kappa shape index (κ2) is 7.03. The van der Waals surface area contributed by atoms with E-state index in [9.17, 15) is 8.78 Å². The summed E-state index contributed by atoms with van der Waals surface area (Å²) in [5, 5.41) is 6.84. The Hall–Kier alpha value is -3.03. The first-order valence-corrected chi connectivity index (χ1v) is 7.21. The highest BCUT2D eigenvalue weighted by atomic mass is 19.2. The second-order valence-electron chi connectivity index (χ2n) is 4.90. The maximum absolute atomic E-state index is 13.1. The van der Waals surface area contributed by atoms with E-state index in [-0.39, 0.29) is 12.4 Å². The SMILES string of the molecule is Cc1noc(-c2cccnc2NCCOc2ccc(F)c(F)c2)n1. The largest absolute Gasteiger partial charge is 0.492 e. The number of hydrogen-bond donors (Lipinski definition) is 1. The van der Waals surface area contributed by atoms with Crippen molar-refractivity contribution in [1.82, 2.24) is 15.1 Å². The lowest BCUT2D eigenvalue weighted by Crippen LogP contribution is -2.13. The maximum Gasteiger partial charge on any atom is 0.261 e. The van der Waals surface area contributed by atoms with Crippen LogP contribution in [0.15, 0.2) is 41.1 Å². The van der Waals surface area contributed by atoms with Crippen molar-refractivity contribution >= 4 is 5.82 Å². The van der Waals surface area contributed by atoms with Crippen molar-refractivity contribution < 1.29 is 18.0 Å². The van der Waals surface area contributed by atoms with Gasteiger partial charge < -0.3 is 14.6 Å². The molecular weight excluding hydrogens is 318 g/mol. The van der Waals surface area contributed by atoms with E-state index >= 15 is 0 Å².